The van der Waals surface area contributed by atoms with E-state index >= 15 is 0 Å². The van der Waals surface area contributed by atoms with Gasteiger partial charge in [0.05, 0.1) is 0 Å². The first-order valence-electron chi connectivity index (χ1n) is 2.40. The predicted octanol–water partition coefficient (Wildman–Crippen LogP) is 1.62. The van der Waals surface area contributed by atoms with Gasteiger partial charge >= 0.3 is 0 Å². The second-order valence-corrected chi connectivity index (χ2v) is 3.15. The molecule has 0 fully saturated rings. The second-order valence-electron chi connectivity index (χ2n) is 2.10. The average molecular weight is 98.1 g/mol. The Bertz CT molecular complexity index is 24.9. The van der Waals surface area contributed by atoms with Crippen LogP contribution in [0.25, 0.3) is 0 Å². The highest BCUT2D eigenvalue weighted by molar-refractivity contribution is 6.11. The highest BCUT2D eigenvalue weighted by atomic mass is 27.0. The quantitative estimate of drug-likeness (QED) is 0.437. The smallest absolute Gasteiger partial charge is 0.108 e. The number of hydrogen-bond donors (Lipinski definition) is 0. The summed E-state index contributed by atoms with van der Waals surface area (Å²) in [6.45, 7) is 6.64. The van der Waals surface area contributed by atoms with E-state index in [9.17, 15) is 0 Å². The zero-order chi connectivity index (χ0) is 5.15. The zero-order valence-electron chi connectivity index (χ0n) is 4.73. The van der Waals surface area contributed by atoms with Gasteiger partial charge in [-0.25, -0.2) is 0 Å². The van der Waals surface area contributed by atoms with Crippen LogP contribution in [0.4, 0.5) is 0 Å². The van der Waals surface area contributed by atoms with Crippen molar-refractivity contribution in [3.63, 3.8) is 0 Å². The van der Waals surface area contributed by atoms with Crippen LogP contribution in [0.5, 0.6) is 0 Å². The number of rotatable bonds is 1. The van der Waals surface area contributed by atoms with E-state index in [4.69, 9.17) is 0 Å². The fraction of sp³-hybridized carbons (Fsp3) is 1.00. The van der Waals surface area contributed by atoms with Gasteiger partial charge in [-0.1, -0.05) is 26.7 Å². The fourth-order valence-corrected chi connectivity index (χ4v) is 0. The lowest BCUT2D eigenvalue weighted by Gasteiger charge is -2.06. The van der Waals surface area contributed by atoms with Gasteiger partial charge < -0.3 is 0 Å². The summed E-state index contributed by atoms with van der Waals surface area (Å²) in [5.74, 6) is 0.815. The summed E-state index contributed by atoms with van der Waals surface area (Å²) in [7, 11) is 0. The highest BCUT2D eigenvalue weighted by Crippen LogP contribution is 2.09. The summed E-state index contributed by atoms with van der Waals surface area (Å²) >= 11 is 2.77. The van der Waals surface area contributed by atoms with Crippen LogP contribution in [0.1, 0.15) is 20.8 Å². The van der Waals surface area contributed by atoms with E-state index in [1.807, 2.05) is 0 Å². The Hall–Kier alpha value is 0.532. The lowest BCUT2D eigenvalue weighted by Crippen LogP contribution is -1.93. The topological polar surface area (TPSA) is 0 Å². The Morgan fingerprint density at radius 1 is 1.17 bits per heavy atom. The molecule has 0 aromatic carbocycles. The third-order valence-corrected chi connectivity index (χ3v) is 1.82. The van der Waals surface area contributed by atoms with Crippen LogP contribution in [-0.2, 0) is 0 Å². The van der Waals surface area contributed by atoms with Crippen LogP contribution in [0, 0.1) is 5.92 Å². The van der Waals surface area contributed by atoms with Crippen LogP contribution in [0.2, 0.25) is 4.78 Å². The SMILES string of the molecule is CC(C)[CH](C)[Al]. The fourth-order valence-electron chi connectivity index (χ4n) is 0. The first-order chi connectivity index (χ1) is 2.64. The van der Waals surface area contributed by atoms with Crippen molar-refractivity contribution in [2.24, 2.45) is 5.92 Å². The third kappa shape index (κ3) is 2.75. The minimum atomic E-state index is 0.769. The maximum Gasteiger partial charge on any atom is 0.123 e. The van der Waals surface area contributed by atoms with Crippen molar-refractivity contribution in [2.75, 3.05) is 0 Å². The van der Waals surface area contributed by atoms with Gasteiger partial charge in [0.2, 0.25) is 0 Å². The minimum absolute atomic E-state index is 0.769. The molecule has 0 spiro atoms. The van der Waals surface area contributed by atoms with Gasteiger partial charge in [0.15, 0.2) is 0 Å². The normalized spacial score (nSPS) is 15.3. The minimum Gasteiger partial charge on any atom is -0.108 e. The Balaban J connectivity index is 2.99. The highest BCUT2D eigenvalue weighted by Gasteiger charge is 1.94. The molecule has 0 N–H and O–H groups in total. The van der Waals surface area contributed by atoms with Crippen molar-refractivity contribution in [1.29, 1.82) is 0 Å². The van der Waals surface area contributed by atoms with Crippen LogP contribution in [-0.4, -0.2) is 16.3 Å². The maximum atomic E-state index is 2.77. The van der Waals surface area contributed by atoms with Gasteiger partial charge in [-0.2, -0.15) is 0 Å². The molecule has 1 unspecified atom stereocenters. The molecule has 2 radical (unpaired) electrons. The molecule has 34 valence electrons. The molecular formula is C5H11Al. The molecule has 1 atom stereocenters. The Morgan fingerprint density at radius 3 is 1.33 bits per heavy atom. The molecule has 0 saturated heterocycles. The van der Waals surface area contributed by atoms with E-state index in [0.29, 0.717) is 0 Å². The molecule has 1 heteroatoms. The molecule has 0 aliphatic heterocycles. The molecular weight excluding hydrogens is 87.0 g/mol. The Labute approximate surface area is 48.4 Å². The van der Waals surface area contributed by atoms with E-state index in [-0.39, 0.29) is 0 Å². The van der Waals surface area contributed by atoms with Crippen molar-refractivity contribution in [3.05, 3.63) is 0 Å². The zero-order valence-corrected chi connectivity index (χ0v) is 5.89. The molecule has 0 amide bonds. The van der Waals surface area contributed by atoms with Gasteiger partial charge in [-0.05, 0) is 0 Å². The standard InChI is InChI=1S/C5H11.Al/c1-4-5(2)3;/h4-5H,1-3H3;. The van der Waals surface area contributed by atoms with Gasteiger partial charge in [-0.3, -0.25) is 0 Å². The predicted molar refractivity (Wildman–Crippen MR) is 30.0 cm³/mol. The van der Waals surface area contributed by atoms with Crippen molar-refractivity contribution in [1.82, 2.24) is 0 Å². The average Bonchev–Trinajstić information content (AvgIpc) is 1.36. The molecule has 6 heavy (non-hydrogen) atoms. The van der Waals surface area contributed by atoms with E-state index < -0.39 is 0 Å². The summed E-state index contributed by atoms with van der Waals surface area (Å²) in [5, 5.41) is 0. The van der Waals surface area contributed by atoms with Crippen molar-refractivity contribution in [2.45, 2.75) is 25.6 Å². The largest absolute Gasteiger partial charge is 0.123 e. The Kier molecular flexibility index (Phi) is 2.90. The first kappa shape index (κ1) is 6.53. The van der Waals surface area contributed by atoms with Gasteiger partial charge in [0, 0.05) is 0 Å². The Morgan fingerprint density at radius 2 is 1.33 bits per heavy atom. The summed E-state index contributed by atoms with van der Waals surface area (Å²) in [6.07, 6.45) is 0. The van der Waals surface area contributed by atoms with Gasteiger partial charge in [0.1, 0.15) is 16.3 Å². The van der Waals surface area contributed by atoms with Crippen molar-refractivity contribution >= 4 is 16.3 Å². The monoisotopic (exact) mass is 98.1 g/mol. The molecule has 0 aliphatic carbocycles. The lowest BCUT2D eigenvalue weighted by molar-refractivity contribution is 0.625. The van der Waals surface area contributed by atoms with Crippen LogP contribution >= 0.6 is 0 Å². The van der Waals surface area contributed by atoms with Gasteiger partial charge in [0.25, 0.3) is 0 Å². The molecule has 0 heterocycles. The molecule has 0 aliphatic rings. The van der Waals surface area contributed by atoms with Crippen molar-refractivity contribution in [3.8, 4) is 0 Å². The summed E-state index contributed by atoms with van der Waals surface area (Å²) in [4.78, 5) is 0. The van der Waals surface area contributed by atoms with E-state index in [0.717, 1.165) is 10.7 Å². The molecule has 0 aromatic heterocycles. The van der Waals surface area contributed by atoms with E-state index in [1.54, 1.807) is 0 Å². The van der Waals surface area contributed by atoms with Crippen LogP contribution in [0.3, 0.4) is 0 Å². The van der Waals surface area contributed by atoms with Gasteiger partial charge in [-0.15, -0.1) is 4.78 Å². The summed E-state index contributed by atoms with van der Waals surface area (Å²) < 4.78 is 0.769. The van der Waals surface area contributed by atoms with E-state index in [1.165, 1.54) is 0 Å². The first-order valence-corrected chi connectivity index (χ1v) is 3.07. The maximum absolute atomic E-state index is 2.77. The molecule has 0 saturated carbocycles. The van der Waals surface area contributed by atoms with E-state index in [2.05, 4.69) is 37.1 Å². The lowest BCUT2D eigenvalue weighted by atomic mass is 10.1. The van der Waals surface area contributed by atoms with Crippen LogP contribution < -0.4 is 0 Å². The molecule has 0 rings (SSSR count). The summed E-state index contributed by atoms with van der Waals surface area (Å²) in [5.41, 5.74) is 0. The second kappa shape index (κ2) is 2.66. The summed E-state index contributed by atoms with van der Waals surface area (Å²) in [6, 6.07) is 0. The number of hydrogen-bond acceptors (Lipinski definition) is 0. The van der Waals surface area contributed by atoms with Crippen LogP contribution in [0.15, 0.2) is 0 Å². The molecule has 0 aromatic rings. The third-order valence-electron chi connectivity index (χ3n) is 1.05. The molecule has 0 nitrogen and oxygen atoms in total. The molecule has 0 bridgehead atoms. The van der Waals surface area contributed by atoms with Crippen molar-refractivity contribution < 1.29 is 0 Å².